The van der Waals surface area contributed by atoms with Crippen molar-refractivity contribution < 1.29 is 22.3 Å². The number of carbonyl (C=O) groups excluding carboxylic acids is 1. The maximum Gasteiger partial charge on any atom is 0.243 e. The molecule has 2 fully saturated rings. The highest BCUT2D eigenvalue weighted by Crippen LogP contribution is 2.25. The number of carbonyl (C=O) groups is 1. The first kappa shape index (κ1) is 20.3. The van der Waals surface area contributed by atoms with Gasteiger partial charge in [-0.1, -0.05) is 29.8 Å². The number of amides is 1. The minimum Gasteiger partial charge on any atom is -0.369 e. The van der Waals surface area contributed by atoms with Gasteiger partial charge in [-0.15, -0.1) is 0 Å². The highest BCUT2D eigenvalue weighted by molar-refractivity contribution is 7.89. The molecule has 0 aliphatic carbocycles. The number of sulfonamides is 1. The Balaban J connectivity index is 1.44. The number of benzene rings is 2. The molecule has 2 aromatic carbocycles. The summed E-state index contributed by atoms with van der Waals surface area (Å²) in [6.07, 6.45) is -0.617. The summed E-state index contributed by atoms with van der Waals surface area (Å²) in [5, 5.41) is 0.576. The zero-order valence-corrected chi connectivity index (χ0v) is 17.1. The first-order valence-electron chi connectivity index (χ1n) is 9.24. The Labute approximate surface area is 173 Å². The van der Waals surface area contributed by atoms with Gasteiger partial charge in [0.25, 0.3) is 0 Å². The molecule has 2 aromatic rings. The van der Waals surface area contributed by atoms with Crippen LogP contribution in [0.15, 0.2) is 53.4 Å². The van der Waals surface area contributed by atoms with Gasteiger partial charge in [-0.25, -0.2) is 12.8 Å². The lowest BCUT2D eigenvalue weighted by atomic mass is 10.1. The number of hydrogen-bond donors (Lipinski definition) is 0. The van der Waals surface area contributed by atoms with E-state index in [1.165, 1.54) is 22.5 Å². The summed E-state index contributed by atoms with van der Waals surface area (Å²) in [6, 6.07) is 12.1. The van der Waals surface area contributed by atoms with E-state index < -0.39 is 28.0 Å². The zero-order valence-electron chi connectivity index (χ0n) is 15.5. The van der Waals surface area contributed by atoms with Crippen molar-refractivity contribution in [1.82, 2.24) is 9.21 Å². The van der Waals surface area contributed by atoms with Gasteiger partial charge in [0.1, 0.15) is 5.82 Å². The van der Waals surface area contributed by atoms with Gasteiger partial charge in [-0.3, -0.25) is 4.79 Å². The number of nitrogens with zero attached hydrogens (tertiary/aromatic N) is 2. The van der Waals surface area contributed by atoms with E-state index in [1.807, 2.05) is 6.07 Å². The van der Waals surface area contributed by atoms with E-state index in [2.05, 4.69) is 0 Å². The molecule has 1 amide bonds. The number of halogens is 2. The molecule has 0 spiro atoms. The van der Waals surface area contributed by atoms with Crippen molar-refractivity contribution in [1.29, 1.82) is 0 Å². The normalized spacial score (nSPS) is 22.5. The lowest BCUT2D eigenvalue weighted by molar-refractivity contribution is -0.153. The first-order chi connectivity index (χ1) is 13.8. The van der Waals surface area contributed by atoms with E-state index in [-0.39, 0.29) is 30.3 Å². The quantitative estimate of drug-likeness (QED) is 0.734. The third-order valence-electron chi connectivity index (χ3n) is 5.08. The van der Waals surface area contributed by atoms with Crippen molar-refractivity contribution in [3.8, 4) is 0 Å². The summed E-state index contributed by atoms with van der Waals surface area (Å²) < 4.78 is 46.4. The Bertz CT molecular complexity index is 1020. The second kappa shape index (κ2) is 8.02. The van der Waals surface area contributed by atoms with Crippen molar-refractivity contribution in [3.63, 3.8) is 0 Å². The minimum atomic E-state index is -3.82. The number of hydrogen-bond acceptors (Lipinski definition) is 4. The van der Waals surface area contributed by atoms with E-state index in [1.54, 1.807) is 23.1 Å². The summed E-state index contributed by atoms with van der Waals surface area (Å²) >= 11 is 5.98. The van der Waals surface area contributed by atoms with Gasteiger partial charge in [-0.05, 0) is 35.9 Å². The zero-order chi connectivity index (χ0) is 20.6. The second-order valence-corrected chi connectivity index (χ2v) is 9.64. The summed E-state index contributed by atoms with van der Waals surface area (Å²) in [5.74, 6) is -0.649. The van der Waals surface area contributed by atoms with Gasteiger partial charge in [0, 0.05) is 31.2 Å². The lowest BCUT2D eigenvalue weighted by Crippen LogP contribution is -2.61. The maximum absolute atomic E-state index is 13.5. The Morgan fingerprint density at radius 1 is 1.07 bits per heavy atom. The van der Waals surface area contributed by atoms with Gasteiger partial charge >= 0.3 is 0 Å². The van der Waals surface area contributed by atoms with Crippen molar-refractivity contribution in [2.75, 3.05) is 26.2 Å². The molecule has 4 rings (SSSR count). The van der Waals surface area contributed by atoms with Gasteiger partial charge in [0.2, 0.25) is 15.9 Å². The van der Waals surface area contributed by atoms with Crippen molar-refractivity contribution in [2.24, 2.45) is 0 Å². The fourth-order valence-electron chi connectivity index (χ4n) is 3.76. The van der Waals surface area contributed by atoms with Gasteiger partial charge in [0.05, 0.1) is 23.5 Å². The number of morpholine rings is 2. The number of rotatable bonds is 4. The van der Waals surface area contributed by atoms with Gasteiger partial charge < -0.3 is 9.64 Å². The first-order valence-corrected chi connectivity index (χ1v) is 11.1. The molecule has 9 heteroatoms. The van der Waals surface area contributed by atoms with Crippen LogP contribution in [0.5, 0.6) is 0 Å². The largest absolute Gasteiger partial charge is 0.369 e. The molecule has 0 aromatic heterocycles. The molecule has 2 saturated heterocycles. The van der Waals surface area contributed by atoms with Crippen LogP contribution in [0.1, 0.15) is 5.56 Å². The van der Waals surface area contributed by atoms with Crippen LogP contribution in [0.4, 0.5) is 4.39 Å². The summed E-state index contributed by atoms with van der Waals surface area (Å²) in [5.41, 5.74) is 0.828. The third-order valence-corrected chi connectivity index (χ3v) is 7.14. The van der Waals surface area contributed by atoms with Crippen LogP contribution in [0, 0.1) is 5.82 Å². The Morgan fingerprint density at radius 3 is 2.41 bits per heavy atom. The van der Waals surface area contributed by atoms with Crippen LogP contribution in [0.2, 0.25) is 5.02 Å². The third kappa shape index (κ3) is 4.45. The molecule has 2 unspecified atom stereocenters. The molecule has 0 saturated carbocycles. The molecule has 2 bridgehead atoms. The molecule has 6 nitrogen and oxygen atoms in total. The summed E-state index contributed by atoms with van der Waals surface area (Å²) in [4.78, 5) is 14.3. The molecule has 2 aliphatic rings. The average molecular weight is 439 g/mol. The number of fused-ring (bicyclic) bond motifs is 2. The Hall–Kier alpha value is -2.00. The molecule has 2 atom stereocenters. The van der Waals surface area contributed by atoms with E-state index in [4.69, 9.17) is 16.3 Å². The standard InChI is InChI=1S/C20H20ClFN2O4S/c21-15-4-1-3-14(7-15)8-20(25)23-10-17-12-24(13-18(11-23)28-17)29(26,27)19-6-2-5-16(22)9-19/h1-7,9,17-18H,8,10-13H2. The predicted octanol–water partition coefficient (Wildman–Crippen LogP) is 2.32. The Kier molecular flexibility index (Phi) is 5.61. The average Bonchev–Trinajstić information content (AvgIpc) is 2.67. The SMILES string of the molecule is O=C(Cc1cccc(Cl)c1)N1CC2CN(S(=O)(=O)c3cccc(F)c3)CC(C1)O2. The molecule has 0 N–H and O–H groups in total. The molecule has 2 aliphatic heterocycles. The van der Waals surface area contributed by atoms with Gasteiger partial charge in [0.15, 0.2) is 0 Å². The van der Waals surface area contributed by atoms with Crippen LogP contribution in [0.25, 0.3) is 0 Å². The molecular formula is C20H20ClFN2O4S. The molecule has 154 valence electrons. The van der Waals surface area contributed by atoms with E-state index >= 15 is 0 Å². The fourth-order valence-corrected chi connectivity index (χ4v) is 5.51. The topological polar surface area (TPSA) is 66.9 Å². The van der Waals surface area contributed by atoms with Crippen LogP contribution >= 0.6 is 11.6 Å². The van der Waals surface area contributed by atoms with E-state index in [0.717, 1.165) is 11.6 Å². The second-order valence-electron chi connectivity index (χ2n) is 7.26. The van der Waals surface area contributed by atoms with Crippen molar-refractivity contribution in [2.45, 2.75) is 23.5 Å². The van der Waals surface area contributed by atoms with Crippen molar-refractivity contribution in [3.05, 3.63) is 64.9 Å². The van der Waals surface area contributed by atoms with E-state index in [9.17, 15) is 17.6 Å². The minimum absolute atomic E-state index is 0.0491. The van der Waals surface area contributed by atoms with Crippen molar-refractivity contribution >= 4 is 27.5 Å². The molecule has 0 radical (unpaired) electrons. The van der Waals surface area contributed by atoms with Crippen LogP contribution in [-0.4, -0.2) is 61.9 Å². The van der Waals surface area contributed by atoms with Crippen LogP contribution < -0.4 is 0 Å². The monoisotopic (exact) mass is 438 g/mol. The van der Waals surface area contributed by atoms with Crippen LogP contribution in [-0.2, 0) is 26.0 Å². The fraction of sp³-hybridized carbons (Fsp3) is 0.350. The smallest absolute Gasteiger partial charge is 0.243 e. The predicted molar refractivity (Wildman–Crippen MR) is 106 cm³/mol. The maximum atomic E-state index is 13.5. The highest BCUT2D eigenvalue weighted by Gasteiger charge is 2.41. The van der Waals surface area contributed by atoms with E-state index in [0.29, 0.717) is 18.1 Å². The number of ether oxygens (including phenoxy) is 1. The molecule has 2 heterocycles. The van der Waals surface area contributed by atoms with Gasteiger partial charge in [-0.2, -0.15) is 4.31 Å². The summed E-state index contributed by atoms with van der Waals surface area (Å²) in [7, 11) is -3.82. The lowest BCUT2D eigenvalue weighted by Gasteiger charge is -2.45. The molecule has 29 heavy (non-hydrogen) atoms. The van der Waals surface area contributed by atoms with Crippen LogP contribution in [0.3, 0.4) is 0 Å². The summed E-state index contributed by atoms with van der Waals surface area (Å²) in [6.45, 7) is 0.864. The Morgan fingerprint density at radius 2 is 1.76 bits per heavy atom. The highest BCUT2D eigenvalue weighted by atomic mass is 35.5. The molecular weight excluding hydrogens is 419 g/mol.